The molecule has 1 aliphatic heterocycles. The molecule has 9 rings (SSSR count). The van der Waals surface area contributed by atoms with Gasteiger partial charge in [-0.15, -0.1) is 20.4 Å². The number of pyridine rings is 2. The van der Waals surface area contributed by atoms with Gasteiger partial charge in [-0.1, -0.05) is 109 Å². The maximum Gasteiger partial charge on any atom is 0.161 e. The molecule has 0 fully saturated rings. The predicted octanol–water partition coefficient (Wildman–Crippen LogP) is 8.03. The van der Waals surface area contributed by atoms with Crippen LogP contribution >= 0.6 is 0 Å². The fourth-order valence-corrected chi connectivity index (χ4v) is 5.96. The second-order valence-corrected chi connectivity index (χ2v) is 11.6. The molecular weight excluding hydrogens is 621 g/mol. The lowest BCUT2D eigenvalue weighted by Crippen LogP contribution is -2.10. The van der Waals surface area contributed by atoms with E-state index >= 15 is 0 Å². The summed E-state index contributed by atoms with van der Waals surface area (Å²) in [5.41, 5.74) is 10.3. The van der Waals surface area contributed by atoms with E-state index in [-0.39, 0.29) is 0 Å². The number of H-pyrrole nitrogens is 2. The quantitative estimate of drug-likeness (QED) is 0.188. The van der Waals surface area contributed by atoms with Crippen molar-refractivity contribution in [2.45, 2.75) is 0 Å². The third-order valence-corrected chi connectivity index (χ3v) is 8.51. The Kier molecular flexibility index (Phi) is 7.21. The molecule has 8 aromatic rings. The van der Waals surface area contributed by atoms with Crippen LogP contribution in [-0.4, -0.2) is 51.8 Å². The van der Waals surface area contributed by atoms with Crippen molar-refractivity contribution in [1.29, 1.82) is 0 Å². The Morgan fingerprint density at radius 1 is 0.340 bits per heavy atom. The summed E-state index contributed by atoms with van der Waals surface area (Å²) < 4.78 is 0. The Balaban J connectivity index is 1.06. The van der Waals surface area contributed by atoms with Crippen LogP contribution in [0.15, 0.2) is 156 Å². The molecule has 4 aromatic carbocycles. The van der Waals surface area contributed by atoms with Gasteiger partial charge in [-0.3, -0.25) is 9.97 Å². The zero-order chi connectivity index (χ0) is 33.3. The molecular formula is C40H26N10. The molecule has 50 heavy (non-hydrogen) atoms. The first-order valence-electron chi connectivity index (χ1n) is 16.0. The van der Waals surface area contributed by atoms with Gasteiger partial charge in [0.05, 0.1) is 35.2 Å². The summed E-state index contributed by atoms with van der Waals surface area (Å²) in [6.45, 7) is 0. The van der Waals surface area contributed by atoms with Gasteiger partial charge in [0, 0.05) is 56.9 Å². The first kappa shape index (κ1) is 29.0. The van der Waals surface area contributed by atoms with Gasteiger partial charge in [0.2, 0.25) is 0 Å². The van der Waals surface area contributed by atoms with Gasteiger partial charge < -0.3 is 9.97 Å². The van der Waals surface area contributed by atoms with Crippen molar-refractivity contribution >= 4 is 22.8 Å². The van der Waals surface area contributed by atoms with E-state index in [4.69, 9.17) is 9.98 Å². The highest BCUT2D eigenvalue weighted by molar-refractivity contribution is 6.22. The summed E-state index contributed by atoms with van der Waals surface area (Å²) in [5, 5.41) is 17.5. The van der Waals surface area contributed by atoms with Crippen LogP contribution in [-0.2, 0) is 0 Å². The fraction of sp³-hybridized carbons (Fsp3) is 0. The van der Waals surface area contributed by atoms with Crippen LogP contribution in [0.25, 0.3) is 45.6 Å². The Bertz CT molecular complexity index is 2340. The van der Waals surface area contributed by atoms with E-state index in [0.29, 0.717) is 23.0 Å². The largest absolute Gasteiger partial charge is 0.321 e. The minimum absolute atomic E-state index is 0.689. The van der Waals surface area contributed by atoms with Crippen molar-refractivity contribution in [3.8, 4) is 45.6 Å². The van der Waals surface area contributed by atoms with Crippen LogP contribution < -0.4 is 0 Å². The molecule has 0 aliphatic carbocycles. The molecule has 1 aliphatic rings. The van der Waals surface area contributed by atoms with Gasteiger partial charge >= 0.3 is 0 Å². The maximum absolute atomic E-state index is 5.22. The zero-order valence-electron chi connectivity index (χ0n) is 26.4. The van der Waals surface area contributed by atoms with Gasteiger partial charge in [-0.2, -0.15) is 0 Å². The number of nitrogens with one attached hydrogen (secondary N) is 2. The van der Waals surface area contributed by atoms with Gasteiger partial charge in [0.1, 0.15) is 0 Å². The molecule has 10 heteroatoms. The molecule has 10 nitrogen and oxygen atoms in total. The average molecular weight is 647 g/mol. The minimum atomic E-state index is 0.689. The Hall–Kier alpha value is -7.20. The van der Waals surface area contributed by atoms with Gasteiger partial charge in [-0.05, 0) is 12.1 Å². The Morgan fingerprint density at radius 3 is 1.06 bits per heavy atom. The fourth-order valence-electron chi connectivity index (χ4n) is 5.96. The summed E-state index contributed by atoms with van der Waals surface area (Å²) >= 11 is 0. The number of rotatable bonds is 6. The zero-order valence-corrected chi connectivity index (χ0v) is 26.4. The van der Waals surface area contributed by atoms with E-state index in [1.165, 1.54) is 0 Å². The monoisotopic (exact) mass is 646 g/mol. The lowest BCUT2D eigenvalue weighted by molar-refractivity contribution is 1.10. The van der Waals surface area contributed by atoms with E-state index in [1.807, 2.05) is 121 Å². The van der Waals surface area contributed by atoms with Gasteiger partial charge in [-0.25, -0.2) is 9.98 Å². The number of hydrogen-bond donors (Lipinski definition) is 2. The molecule has 0 atom stereocenters. The topological polar surface area (TPSA) is 134 Å². The smallest absolute Gasteiger partial charge is 0.161 e. The highest BCUT2D eigenvalue weighted by atomic mass is 15.2. The third-order valence-electron chi connectivity index (χ3n) is 8.51. The number of fused-ring (bicyclic) bond motifs is 2. The molecule has 236 valence electrons. The Labute approximate surface area is 286 Å². The lowest BCUT2D eigenvalue weighted by atomic mass is 9.96. The molecule has 0 unspecified atom stereocenters. The van der Waals surface area contributed by atoms with Crippen molar-refractivity contribution in [3.05, 3.63) is 168 Å². The number of hydrogen-bond acceptors (Lipinski definition) is 8. The molecule has 0 saturated heterocycles. The van der Waals surface area contributed by atoms with Crippen LogP contribution in [0, 0.1) is 0 Å². The molecule has 2 N–H and O–H groups in total. The summed E-state index contributed by atoms with van der Waals surface area (Å²) in [5.74, 6) is 2.82. The first-order valence-corrected chi connectivity index (χ1v) is 16.0. The SMILES string of the molecule is c1ccc(-c2nnc(-c3ccc(/C4=N/c5cnccc5/C(c5ccc(-c6nnc(-c7ccccc7)[nH]6)cc5)=N\c5cnccc54)cc3)[nH]2)cc1. The molecule has 0 bridgehead atoms. The van der Waals surface area contributed by atoms with Crippen molar-refractivity contribution in [1.82, 2.24) is 40.3 Å². The second kappa shape index (κ2) is 12.4. The number of benzene rings is 4. The van der Waals surface area contributed by atoms with Crippen LogP contribution in [0.5, 0.6) is 0 Å². The van der Waals surface area contributed by atoms with Crippen molar-refractivity contribution < 1.29 is 0 Å². The van der Waals surface area contributed by atoms with Crippen molar-refractivity contribution in [3.63, 3.8) is 0 Å². The van der Waals surface area contributed by atoms with Crippen molar-refractivity contribution in [2.75, 3.05) is 0 Å². The first-order chi connectivity index (χ1) is 24.8. The van der Waals surface area contributed by atoms with Crippen LogP contribution in [0.2, 0.25) is 0 Å². The molecule has 0 spiro atoms. The molecule has 0 amide bonds. The van der Waals surface area contributed by atoms with Crippen LogP contribution in [0.4, 0.5) is 11.4 Å². The van der Waals surface area contributed by atoms with E-state index in [2.05, 4.69) is 40.3 Å². The maximum atomic E-state index is 5.22. The van der Waals surface area contributed by atoms with E-state index in [0.717, 1.165) is 67.6 Å². The predicted molar refractivity (Wildman–Crippen MR) is 194 cm³/mol. The summed E-state index contributed by atoms with van der Waals surface area (Å²) in [6, 6.07) is 40.0. The molecule has 4 aromatic heterocycles. The highest BCUT2D eigenvalue weighted by Gasteiger charge is 2.21. The molecule has 5 heterocycles. The van der Waals surface area contributed by atoms with Crippen LogP contribution in [0.1, 0.15) is 22.3 Å². The summed E-state index contributed by atoms with van der Waals surface area (Å²) in [4.78, 5) is 26.0. The lowest BCUT2D eigenvalue weighted by Gasteiger charge is -2.17. The van der Waals surface area contributed by atoms with Crippen LogP contribution in [0.3, 0.4) is 0 Å². The second-order valence-electron chi connectivity index (χ2n) is 11.6. The standard InChI is InChI=1S/C40H26N10/c1-3-7-27(8-4-1)37-45-39(49-47-37)29-15-11-25(12-16-29)35-31-19-21-41-23-33(31)44-36(32-20-22-42-24-34(32)43-35)26-13-17-30(18-14-26)40-46-38(48-50-40)28-9-5-2-6-10-28/h1-24H,(H,45,47,49)(H,46,48,50)/b35-31?,36-32?,43-34?,43-35-,44-33?,44-36-. The average Bonchev–Trinajstić information content (AvgIpc) is 3.89. The van der Waals surface area contributed by atoms with Gasteiger partial charge in [0.15, 0.2) is 23.3 Å². The van der Waals surface area contributed by atoms with E-state index in [9.17, 15) is 0 Å². The number of aliphatic imine (C=N–C) groups is 2. The highest BCUT2D eigenvalue weighted by Crippen LogP contribution is 2.33. The molecule has 0 radical (unpaired) electrons. The summed E-state index contributed by atoms with van der Waals surface area (Å²) in [6.07, 6.45) is 7.08. The summed E-state index contributed by atoms with van der Waals surface area (Å²) in [7, 11) is 0. The third kappa shape index (κ3) is 5.46. The van der Waals surface area contributed by atoms with E-state index in [1.54, 1.807) is 24.8 Å². The van der Waals surface area contributed by atoms with Gasteiger partial charge in [0.25, 0.3) is 0 Å². The Morgan fingerprint density at radius 2 is 0.680 bits per heavy atom. The van der Waals surface area contributed by atoms with E-state index < -0.39 is 0 Å². The number of aromatic nitrogens is 8. The number of nitrogens with zero attached hydrogens (tertiary/aromatic N) is 8. The number of aromatic amines is 2. The van der Waals surface area contributed by atoms with Crippen molar-refractivity contribution in [2.24, 2.45) is 9.98 Å². The normalized spacial score (nSPS) is 14.3. The molecule has 0 saturated carbocycles. The minimum Gasteiger partial charge on any atom is -0.321 e.